The lowest BCUT2D eigenvalue weighted by Crippen LogP contribution is -2.39. The van der Waals surface area contributed by atoms with Crippen LogP contribution in [-0.2, 0) is 4.79 Å². The second-order valence-electron chi connectivity index (χ2n) is 5.86. The van der Waals surface area contributed by atoms with Gasteiger partial charge in [-0.25, -0.2) is 9.36 Å². The van der Waals surface area contributed by atoms with Gasteiger partial charge in [-0.05, 0) is 24.3 Å². The van der Waals surface area contributed by atoms with Crippen molar-refractivity contribution in [1.82, 2.24) is 40.6 Å². The minimum atomic E-state index is -0.427. The van der Waals surface area contributed by atoms with Gasteiger partial charge in [-0.1, -0.05) is 34.7 Å². The first kappa shape index (κ1) is 16.2. The molecular weight excluding hydrogens is 332 g/mol. The summed E-state index contributed by atoms with van der Waals surface area (Å²) in [5, 5.41) is 23.2. The Hall–Kier alpha value is -3.33. The molecule has 0 aliphatic carbocycles. The third-order valence-electron chi connectivity index (χ3n) is 4.04. The second-order valence-corrected chi connectivity index (χ2v) is 5.86. The summed E-state index contributed by atoms with van der Waals surface area (Å²) >= 11 is 0. The van der Waals surface area contributed by atoms with Crippen LogP contribution in [0.4, 0.5) is 0 Å². The van der Waals surface area contributed by atoms with E-state index in [1.165, 1.54) is 6.92 Å². The zero-order valence-electron chi connectivity index (χ0n) is 14.2. The highest BCUT2D eigenvalue weighted by Gasteiger charge is 2.20. The molecule has 1 amide bonds. The fourth-order valence-corrected chi connectivity index (χ4v) is 2.85. The molecule has 0 saturated carbocycles. The molecule has 4 rings (SSSR count). The van der Waals surface area contributed by atoms with Crippen LogP contribution in [-0.4, -0.2) is 49.0 Å². The largest absolute Gasteiger partial charge is 0.355 e. The molecule has 0 atom stereocenters. The van der Waals surface area contributed by atoms with E-state index in [9.17, 15) is 4.79 Å². The highest BCUT2D eigenvalue weighted by atomic mass is 16.1. The molecule has 26 heavy (non-hydrogen) atoms. The first-order valence-corrected chi connectivity index (χ1v) is 8.32. The van der Waals surface area contributed by atoms with E-state index in [0.29, 0.717) is 13.1 Å². The van der Waals surface area contributed by atoms with Crippen molar-refractivity contribution in [3.8, 4) is 0 Å². The van der Waals surface area contributed by atoms with E-state index in [4.69, 9.17) is 0 Å². The number of hydrogen-bond acceptors (Lipinski definition) is 6. The molecule has 0 aliphatic heterocycles. The Kier molecular flexibility index (Phi) is 4.28. The summed E-state index contributed by atoms with van der Waals surface area (Å²) in [6.07, 6.45) is -0.427. The van der Waals surface area contributed by atoms with Crippen molar-refractivity contribution in [3.63, 3.8) is 0 Å². The van der Waals surface area contributed by atoms with Crippen molar-refractivity contribution < 1.29 is 4.79 Å². The van der Waals surface area contributed by atoms with Crippen LogP contribution in [0, 0.1) is 0 Å². The first-order valence-electron chi connectivity index (χ1n) is 8.32. The molecule has 132 valence electrons. The quantitative estimate of drug-likeness (QED) is 0.501. The molecule has 4 aromatic rings. The maximum atomic E-state index is 11.1. The number of fused-ring (bicyclic) bond motifs is 2. The molecule has 2 aromatic heterocycles. The number of amides is 1. The van der Waals surface area contributed by atoms with Crippen LogP contribution in [0.1, 0.15) is 13.2 Å². The predicted octanol–water partition coefficient (Wildman–Crippen LogP) is 0.906. The zero-order valence-corrected chi connectivity index (χ0v) is 14.2. The van der Waals surface area contributed by atoms with Crippen LogP contribution >= 0.6 is 0 Å². The van der Waals surface area contributed by atoms with Crippen LogP contribution in [0.3, 0.4) is 0 Å². The van der Waals surface area contributed by atoms with Crippen LogP contribution in [0.2, 0.25) is 0 Å². The molecule has 2 heterocycles. The van der Waals surface area contributed by atoms with Crippen molar-refractivity contribution in [2.45, 2.75) is 13.2 Å². The summed E-state index contributed by atoms with van der Waals surface area (Å²) in [5.41, 5.74) is 3.35. The molecule has 0 radical (unpaired) electrons. The third kappa shape index (κ3) is 3.00. The van der Waals surface area contributed by atoms with E-state index in [2.05, 4.69) is 31.3 Å². The maximum Gasteiger partial charge on any atom is 0.216 e. The average Bonchev–Trinajstić information content (AvgIpc) is 3.26. The molecule has 0 unspecified atom stereocenters. The van der Waals surface area contributed by atoms with E-state index in [1.54, 1.807) is 9.36 Å². The molecule has 9 heteroatoms. The Bertz CT molecular complexity index is 979. The molecule has 0 saturated heterocycles. The highest BCUT2D eigenvalue weighted by molar-refractivity contribution is 5.75. The van der Waals surface area contributed by atoms with Gasteiger partial charge in [0.15, 0.2) is 0 Å². The fraction of sp³-hybridized carbons (Fsp3) is 0.235. The molecular formula is C17H18N8O. The summed E-state index contributed by atoms with van der Waals surface area (Å²) in [4.78, 5) is 11.1. The third-order valence-corrected chi connectivity index (χ3v) is 4.04. The number of carbonyl (C=O) groups excluding carboxylic acids is 1. The number of rotatable bonds is 6. The smallest absolute Gasteiger partial charge is 0.216 e. The van der Waals surface area contributed by atoms with Crippen LogP contribution in [0.15, 0.2) is 48.5 Å². The molecule has 0 spiro atoms. The van der Waals surface area contributed by atoms with E-state index < -0.39 is 6.29 Å². The number of benzene rings is 2. The molecule has 0 fully saturated rings. The molecule has 0 bridgehead atoms. The van der Waals surface area contributed by atoms with Crippen molar-refractivity contribution in [2.24, 2.45) is 0 Å². The van der Waals surface area contributed by atoms with Gasteiger partial charge in [0.25, 0.3) is 0 Å². The lowest BCUT2D eigenvalue weighted by molar-refractivity contribution is -0.118. The number of carbonyl (C=O) groups is 1. The Morgan fingerprint density at radius 1 is 0.923 bits per heavy atom. The van der Waals surface area contributed by atoms with Gasteiger partial charge >= 0.3 is 0 Å². The Balaban J connectivity index is 1.73. The summed E-state index contributed by atoms with van der Waals surface area (Å²) in [7, 11) is 0. The summed E-state index contributed by atoms with van der Waals surface area (Å²) < 4.78 is 3.54. The Morgan fingerprint density at radius 3 is 2.00 bits per heavy atom. The van der Waals surface area contributed by atoms with Crippen LogP contribution in [0.5, 0.6) is 0 Å². The standard InChI is InChI=1S/C17H18N8O/c1-12(26)18-10-11-19-17(24-15-8-4-2-6-13(15)20-22-24)25-16-9-5-3-7-14(16)21-23-25/h2-9,17,19H,10-11H2,1H3,(H,18,26). The Morgan fingerprint density at radius 2 is 1.46 bits per heavy atom. The lowest BCUT2D eigenvalue weighted by atomic mass is 10.3. The van der Waals surface area contributed by atoms with Gasteiger partial charge in [-0.3, -0.25) is 10.1 Å². The second kappa shape index (κ2) is 6.89. The predicted molar refractivity (Wildman–Crippen MR) is 96.2 cm³/mol. The van der Waals surface area contributed by atoms with Gasteiger partial charge in [0.2, 0.25) is 12.2 Å². The van der Waals surface area contributed by atoms with E-state index in [-0.39, 0.29) is 5.91 Å². The van der Waals surface area contributed by atoms with E-state index in [1.807, 2.05) is 48.5 Å². The first-order chi connectivity index (χ1) is 12.7. The number of aromatic nitrogens is 6. The maximum absolute atomic E-state index is 11.1. The number of hydrogen-bond donors (Lipinski definition) is 2. The normalized spacial score (nSPS) is 11.5. The van der Waals surface area contributed by atoms with Gasteiger partial charge in [0.05, 0.1) is 11.0 Å². The van der Waals surface area contributed by atoms with Gasteiger partial charge in [0.1, 0.15) is 11.0 Å². The van der Waals surface area contributed by atoms with Crippen molar-refractivity contribution >= 4 is 28.0 Å². The number of nitrogens with zero attached hydrogens (tertiary/aromatic N) is 6. The van der Waals surface area contributed by atoms with Crippen LogP contribution in [0.25, 0.3) is 22.1 Å². The minimum Gasteiger partial charge on any atom is -0.355 e. The van der Waals surface area contributed by atoms with Gasteiger partial charge in [-0.15, -0.1) is 10.2 Å². The SMILES string of the molecule is CC(=O)NCCNC(n1nnc2ccccc21)n1nnc2ccccc21. The topological polar surface area (TPSA) is 103 Å². The van der Waals surface area contributed by atoms with Gasteiger partial charge in [0, 0.05) is 20.0 Å². The van der Waals surface area contributed by atoms with Gasteiger partial charge < -0.3 is 5.32 Å². The van der Waals surface area contributed by atoms with Gasteiger partial charge in [-0.2, -0.15) is 0 Å². The monoisotopic (exact) mass is 350 g/mol. The molecule has 9 nitrogen and oxygen atoms in total. The number of nitrogens with one attached hydrogen (secondary N) is 2. The van der Waals surface area contributed by atoms with E-state index in [0.717, 1.165) is 22.1 Å². The zero-order chi connectivity index (χ0) is 17.9. The fourth-order valence-electron chi connectivity index (χ4n) is 2.85. The van der Waals surface area contributed by atoms with Crippen molar-refractivity contribution in [1.29, 1.82) is 0 Å². The summed E-state index contributed by atoms with van der Waals surface area (Å²) in [6.45, 7) is 2.52. The lowest BCUT2D eigenvalue weighted by Gasteiger charge is -2.20. The average molecular weight is 350 g/mol. The Labute approximate surface area is 149 Å². The highest BCUT2D eigenvalue weighted by Crippen LogP contribution is 2.19. The number of para-hydroxylation sites is 2. The molecule has 2 aromatic carbocycles. The summed E-state index contributed by atoms with van der Waals surface area (Å²) in [5.74, 6) is -0.0687. The minimum absolute atomic E-state index is 0.0687. The van der Waals surface area contributed by atoms with Crippen molar-refractivity contribution in [3.05, 3.63) is 48.5 Å². The van der Waals surface area contributed by atoms with E-state index >= 15 is 0 Å². The van der Waals surface area contributed by atoms with Crippen LogP contribution < -0.4 is 10.6 Å². The molecule has 0 aliphatic rings. The molecule has 2 N–H and O–H groups in total. The van der Waals surface area contributed by atoms with Crippen molar-refractivity contribution in [2.75, 3.05) is 13.1 Å². The summed E-state index contributed by atoms with van der Waals surface area (Å²) in [6, 6.07) is 15.5.